The first kappa shape index (κ1) is 14.6. The molecule has 20 heavy (non-hydrogen) atoms. The lowest BCUT2D eigenvalue weighted by molar-refractivity contribution is -0.122. The van der Waals surface area contributed by atoms with Crippen LogP contribution in [-0.2, 0) is 10.3 Å². The molecule has 2 rings (SSSR count). The minimum absolute atomic E-state index is 0.116. The number of nitrogens with one attached hydrogen (secondary N) is 1. The van der Waals surface area contributed by atoms with Crippen molar-refractivity contribution in [3.05, 3.63) is 47.5 Å². The molecule has 0 aliphatic heterocycles. The van der Waals surface area contributed by atoms with Crippen molar-refractivity contribution in [1.29, 1.82) is 0 Å². The molecule has 1 N–H and O–H groups in total. The second kappa shape index (κ2) is 5.66. The Morgan fingerprint density at radius 3 is 2.55 bits per heavy atom. The minimum Gasteiger partial charge on any atom is -0.347 e. The number of benzene rings is 2. The van der Waals surface area contributed by atoms with E-state index in [0.717, 1.165) is 6.42 Å². The molecule has 0 fully saturated rings. The molecule has 2 nitrogen and oxygen atoms in total. The molecule has 1 amide bonds. The van der Waals surface area contributed by atoms with Crippen LogP contribution in [0.25, 0.3) is 10.8 Å². The topological polar surface area (TPSA) is 29.1 Å². The molecule has 0 radical (unpaired) electrons. The summed E-state index contributed by atoms with van der Waals surface area (Å²) in [6, 6.07) is 12.6. The smallest absolute Gasteiger partial charge is 0.220 e. The Hall–Kier alpha value is -1.83. The van der Waals surface area contributed by atoms with E-state index in [4.69, 9.17) is 0 Å². The van der Waals surface area contributed by atoms with Crippen molar-refractivity contribution < 1.29 is 4.79 Å². The van der Waals surface area contributed by atoms with E-state index in [1.54, 1.807) is 0 Å². The molecule has 0 saturated carbocycles. The second-order valence-corrected chi connectivity index (χ2v) is 5.88. The summed E-state index contributed by atoms with van der Waals surface area (Å²) in [6.45, 7) is 8.29. The lowest BCUT2D eigenvalue weighted by Crippen LogP contribution is -2.41. The van der Waals surface area contributed by atoms with Gasteiger partial charge in [0.25, 0.3) is 0 Å². The first-order valence-electron chi connectivity index (χ1n) is 7.25. The molecule has 0 aromatic heterocycles. The summed E-state index contributed by atoms with van der Waals surface area (Å²) < 4.78 is 0. The average molecular weight is 269 g/mol. The van der Waals surface area contributed by atoms with Crippen LogP contribution >= 0.6 is 0 Å². The molecule has 2 aromatic rings. The molecule has 0 unspecified atom stereocenters. The molecule has 2 aromatic carbocycles. The number of hydrogen-bond donors (Lipinski definition) is 1. The lowest BCUT2D eigenvalue weighted by Gasteiger charge is -2.29. The van der Waals surface area contributed by atoms with E-state index >= 15 is 0 Å². The normalized spacial score (nSPS) is 11.6. The van der Waals surface area contributed by atoms with E-state index < -0.39 is 0 Å². The third-order valence-electron chi connectivity index (χ3n) is 3.80. The Morgan fingerprint density at radius 2 is 1.85 bits per heavy atom. The Labute approximate surface area is 121 Å². The average Bonchev–Trinajstić information content (AvgIpc) is 2.38. The fraction of sp³-hybridized carbons (Fsp3) is 0.389. The highest BCUT2D eigenvalue weighted by Crippen LogP contribution is 2.29. The molecule has 0 bridgehead atoms. The van der Waals surface area contributed by atoms with Crippen molar-refractivity contribution in [3.63, 3.8) is 0 Å². The van der Waals surface area contributed by atoms with Crippen molar-refractivity contribution >= 4 is 16.7 Å². The lowest BCUT2D eigenvalue weighted by atomic mass is 9.87. The third-order valence-corrected chi connectivity index (χ3v) is 3.80. The largest absolute Gasteiger partial charge is 0.347 e. The van der Waals surface area contributed by atoms with Gasteiger partial charge in [0.1, 0.15) is 0 Å². The summed E-state index contributed by atoms with van der Waals surface area (Å²) in [5, 5.41) is 5.63. The van der Waals surface area contributed by atoms with Crippen LogP contribution in [0.4, 0.5) is 0 Å². The van der Waals surface area contributed by atoms with Crippen molar-refractivity contribution in [2.75, 3.05) is 0 Å². The van der Waals surface area contributed by atoms with Gasteiger partial charge in [0.15, 0.2) is 0 Å². The monoisotopic (exact) mass is 269 g/mol. The zero-order chi connectivity index (χ0) is 14.8. The summed E-state index contributed by atoms with van der Waals surface area (Å²) in [4.78, 5) is 11.9. The van der Waals surface area contributed by atoms with Crippen LogP contribution in [0.2, 0.25) is 0 Å². The molecular formula is C18H23NO. The van der Waals surface area contributed by atoms with E-state index in [1.165, 1.54) is 21.9 Å². The minimum atomic E-state index is -0.347. The number of fused-ring (bicyclic) bond motifs is 1. The molecule has 0 aliphatic carbocycles. The van der Waals surface area contributed by atoms with Crippen LogP contribution < -0.4 is 5.32 Å². The highest BCUT2D eigenvalue weighted by molar-refractivity contribution is 5.87. The maximum Gasteiger partial charge on any atom is 0.220 e. The van der Waals surface area contributed by atoms with Crippen molar-refractivity contribution in [2.24, 2.45) is 0 Å². The standard InChI is InChI=1S/C18H23NO/c1-5-8-17(20)19-18(3,4)16-12-11-14-9-6-7-10-15(14)13(16)2/h6-7,9-12H,5,8H2,1-4H3,(H,19,20). The number of carbonyl (C=O) groups excluding carboxylic acids is 1. The van der Waals surface area contributed by atoms with Gasteiger partial charge in [0.2, 0.25) is 5.91 Å². The zero-order valence-electron chi connectivity index (χ0n) is 12.8. The van der Waals surface area contributed by atoms with Crippen molar-refractivity contribution in [1.82, 2.24) is 5.32 Å². The van der Waals surface area contributed by atoms with Gasteiger partial charge in [0.05, 0.1) is 5.54 Å². The molecule has 2 heteroatoms. The predicted molar refractivity (Wildman–Crippen MR) is 84.8 cm³/mol. The fourth-order valence-corrected chi connectivity index (χ4v) is 2.81. The van der Waals surface area contributed by atoms with E-state index in [-0.39, 0.29) is 11.4 Å². The molecule has 0 aliphatic rings. The first-order valence-corrected chi connectivity index (χ1v) is 7.25. The van der Waals surface area contributed by atoms with Gasteiger partial charge >= 0.3 is 0 Å². The van der Waals surface area contributed by atoms with Crippen LogP contribution in [0.5, 0.6) is 0 Å². The van der Waals surface area contributed by atoms with Crippen LogP contribution in [0, 0.1) is 6.92 Å². The van der Waals surface area contributed by atoms with Gasteiger partial charge in [-0.3, -0.25) is 4.79 Å². The van der Waals surface area contributed by atoms with Gasteiger partial charge in [-0.05, 0) is 49.1 Å². The Bertz CT molecular complexity index is 628. The predicted octanol–water partition coefficient (Wildman–Crippen LogP) is 4.30. The molecule has 0 spiro atoms. The maximum atomic E-state index is 11.9. The van der Waals surface area contributed by atoms with Crippen molar-refractivity contribution in [2.45, 2.75) is 46.1 Å². The third kappa shape index (κ3) is 2.84. The molecule has 0 atom stereocenters. The Morgan fingerprint density at radius 1 is 1.15 bits per heavy atom. The highest BCUT2D eigenvalue weighted by Gasteiger charge is 2.24. The van der Waals surface area contributed by atoms with Gasteiger partial charge in [0, 0.05) is 6.42 Å². The molecule has 0 heterocycles. The van der Waals surface area contributed by atoms with Gasteiger partial charge in [-0.15, -0.1) is 0 Å². The van der Waals surface area contributed by atoms with E-state index in [2.05, 4.69) is 62.5 Å². The number of carbonyl (C=O) groups is 1. The SMILES string of the molecule is CCCC(=O)NC(C)(C)c1ccc2ccccc2c1C. The summed E-state index contributed by atoms with van der Waals surface area (Å²) in [7, 11) is 0. The summed E-state index contributed by atoms with van der Waals surface area (Å²) in [6.07, 6.45) is 1.45. The Balaban J connectivity index is 2.41. The van der Waals surface area contributed by atoms with E-state index in [9.17, 15) is 4.79 Å². The number of hydrogen-bond acceptors (Lipinski definition) is 1. The summed E-state index contributed by atoms with van der Waals surface area (Å²) in [5.41, 5.74) is 2.07. The van der Waals surface area contributed by atoms with Crippen LogP contribution in [0.1, 0.15) is 44.7 Å². The first-order chi connectivity index (χ1) is 9.45. The maximum absolute atomic E-state index is 11.9. The fourth-order valence-electron chi connectivity index (χ4n) is 2.81. The van der Waals surface area contributed by atoms with E-state index in [0.29, 0.717) is 6.42 Å². The quantitative estimate of drug-likeness (QED) is 0.881. The number of aryl methyl sites for hydroxylation is 1. The molecule has 0 saturated heterocycles. The summed E-state index contributed by atoms with van der Waals surface area (Å²) in [5.74, 6) is 0.116. The molecular weight excluding hydrogens is 246 g/mol. The van der Waals surface area contributed by atoms with Crippen molar-refractivity contribution in [3.8, 4) is 0 Å². The van der Waals surface area contributed by atoms with Gasteiger partial charge < -0.3 is 5.32 Å². The highest BCUT2D eigenvalue weighted by atomic mass is 16.1. The van der Waals surface area contributed by atoms with Gasteiger partial charge in [-0.1, -0.05) is 43.3 Å². The van der Waals surface area contributed by atoms with Crippen LogP contribution in [-0.4, -0.2) is 5.91 Å². The van der Waals surface area contributed by atoms with Crippen LogP contribution in [0.15, 0.2) is 36.4 Å². The second-order valence-electron chi connectivity index (χ2n) is 5.88. The number of amides is 1. The molecule has 106 valence electrons. The van der Waals surface area contributed by atoms with Gasteiger partial charge in [-0.25, -0.2) is 0 Å². The summed E-state index contributed by atoms with van der Waals surface area (Å²) >= 11 is 0. The number of rotatable bonds is 4. The van der Waals surface area contributed by atoms with Gasteiger partial charge in [-0.2, -0.15) is 0 Å². The van der Waals surface area contributed by atoms with Crippen LogP contribution in [0.3, 0.4) is 0 Å². The zero-order valence-corrected chi connectivity index (χ0v) is 12.8. The van der Waals surface area contributed by atoms with E-state index in [1.807, 2.05) is 6.92 Å². The Kier molecular flexibility index (Phi) is 4.12.